The summed E-state index contributed by atoms with van der Waals surface area (Å²) in [6.45, 7) is 0. The van der Waals surface area contributed by atoms with E-state index >= 15 is 0 Å². The number of nitrogens with two attached hydrogens (primary N) is 1. The fourth-order valence-electron chi connectivity index (χ4n) is 0.824. The lowest BCUT2D eigenvalue weighted by Crippen LogP contribution is -1.93. The van der Waals surface area contributed by atoms with Crippen LogP contribution in [0, 0.1) is 17.1 Å². The maximum absolute atomic E-state index is 12.8. The van der Waals surface area contributed by atoms with Gasteiger partial charge in [-0.1, -0.05) is 15.9 Å². The van der Waals surface area contributed by atoms with Crippen LogP contribution in [0.3, 0.4) is 0 Å². The Kier molecular flexibility index (Phi) is 2.66. The molecule has 0 heterocycles. The largest absolute Gasteiger partial charge is 0.396 e. The normalized spacial score (nSPS) is 9.42. The molecule has 0 saturated carbocycles. The van der Waals surface area contributed by atoms with Crippen molar-refractivity contribution in [1.29, 1.82) is 5.26 Å². The number of nitrogens with zero attached hydrogens (tertiary/aromatic N) is 1. The van der Waals surface area contributed by atoms with Gasteiger partial charge >= 0.3 is 0 Å². The van der Waals surface area contributed by atoms with E-state index < -0.39 is 5.82 Å². The Bertz CT molecular complexity index is 344. The lowest BCUT2D eigenvalue weighted by molar-refractivity contribution is 0.630. The lowest BCUT2D eigenvalue weighted by atomic mass is 10.1. The van der Waals surface area contributed by atoms with Crippen LogP contribution in [0.15, 0.2) is 16.6 Å². The molecule has 0 amide bonds. The van der Waals surface area contributed by atoms with Gasteiger partial charge in [-0.2, -0.15) is 5.26 Å². The summed E-state index contributed by atoms with van der Waals surface area (Å²) >= 11 is 3.18. The van der Waals surface area contributed by atoms with Crippen molar-refractivity contribution in [3.8, 4) is 6.07 Å². The molecule has 0 bridgehead atoms. The second kappa shape index (κ2) is 3.55. The summed E-state index contributed by atoms with van der Waals surface area (Å²) in [5.74, 6) is -0.483. The van der Waals surface area contributed by atoms with Crippen molar-refractivity contribution in [2.24, 2.45) is 0 Å². The number of nitrogen functional groups attached to an aromatic ring is 1. The molecular weight excluding hydrogens is 223 g/mol. The van der Waals surface area contributed by atoms with Crippen molar-refractivity contribution >= 4 is 21.6 Å². The Morgan fingerprint density at radius 3 is 2.83 bits per heavy atom. The molecule has 1 aromatic rings. The van der Waals surface area contributed by atoms with Gasteiger partial charge in [0, 0.05) is 4.47 Å². The fourth-order valence-corrected chi connectivity index (χ4v) is 1.33. The molecule has 2 nitrogen and oxygen atoms in total. The quantitative estimate of drug-likeness (QED) is 0.750. The van der Waals surface area contributed by atoms with E-state index in [0.29, 0.717) is 10.0 Å². The second-order valence-corrected chi connectivity index (χ2v) is 3.15. The molecule has 0 aliphatic heterocycles. The molecule has 1 aromatic carbocycles. The number of rotatable bonds is 1. The lowest BCUT2D eigenvalue weighted by Gasteiger charge is -2.01. The van der Waals surface area contributed by atoms with E-state index in [1.165, 1.54) is 12.1 Å². The third-order valence-electron chi connectivity index (χ3n) is 1.44. The molecule has 1 rings (SSSR count). The zero-order valence-electron chi connectivity index (χ0n) is 6.14. The van der Waals surface area contributed by atoms with Gasteiger partial charge in [0.25, 0.3) is 0 Å². The van der Waals surface area contributed by atoms with Crippen LogP contribution in [0.25, 0.3) is 0 Å². The monoisotopic (exact) mass is 228 g/mol. The first kappa shape index (κ1) is 9.01. The van der Waals surface area contributed by atoms with Gasteiger partial charge in [0.05, 0.1) is 18.2 Å². The minimum absolute atomic E-state index is 0.0866. The molecule has 0 radical (unpaired) electrons. The van der Waals surface area contributed by atoms with Gasteiger partial charge in [0.15, 0.2) is 0 Å². The number of anilines is 1. The van der Waals surface area contributed by atoms with Gasteiger partial charge in [0.1, 0.15) is 5.82 Å². The van der Waals surface area contributed by atoms with E-state index in [1.807, 2.05) is 6.07 Å². The molecule has 12 heavy (non-hydrogen) atoms. The molecule has 0 aliphatic carbocycles. The zero-order valence-corrected chi connectivity index (χ0v) is 7.73. The summed E-state index contributed by atoms with van der Waals surface area (Å²) < 4.78 is 13.5. The smallest absolute Gasteiger partial charge is 0.146 e. The molecule has 0 fully saturated rings. The summed E-state index contributed by atoms with van der Waals surface area (Å²) in [7, 11) is 0. The first-order valence-corrected chi connectivity index (χ1v) is 4.05. The van der Waals surface area contributed by atoms with Crippen LogP contribution in [0.1, 0.15) is 5.56 Å². The van der Waals surface area contributed by atoms with E-state index in [4.69, 9.17) is 11.0 Å². The summed E-state index contributed by atoms with van der Waals surface area (Å²) in [5, 5.41) is 8.38. The number of benzene rings is 1. The first-order valence-electron chi connectivity index (χ1n) is 3.25. The van der Waals surface area contributed by atoms with Crippen LogP contribution in [-0.2, 0) is 6.42 Å². The number of nitriles is 1. The van der Waals surface area contributed by atoms with Crippen LogP contribution in [-0.4, -0.2) is 0 Å². The van der Waals surface area contributed by atoms with E-state index in [9.17, 15) is 4.39 Å². The highest BCUT2D eigenvalue weighted by molar-refractivity contribution is 9.10. The minimum atomic E-state index is -0.483. The average Bonchev–Trinajstić information content (AvgIpc) is 2.01. The summed E-state index contributed by atoms with van der Waals surface area (Å²) in [6, 6.07) is 4.66. The highest BCUT2D eigenvalue weighted by Crippen LogP contribution is 2.22. The predicted octanol–water partition coefficient (Wildman–Crippen LogP) is 2.24. The van der Waals surface area contributed by atoms with Gasteiger partial charge in [-0.05, 0) is 17.7 Å². The highest BCUT2D eigenvalue weighted by Gasteiger charge is 2.04. The van der Waals surface area contributed by atoms with Crippen molar-refractivity contribution in [2.45, 2.75) is 6.42 Å². The second-order valence-electron chi connectivity index (χ2n) is 2.30. The maximum atomic E-state index is 12.8. The van der Waals surface area contributed by atoms with Gasteiger partial charge < -0.3 is 5.73 Å². The molecule has 0 atom stereocenters. The van der Waals surface area contributed by atoms with E-state index in [2.05, 4.69) is 15.9 Å². The summed E-state index contributed by atoms with van der Waals surface area (Å²) in [6.07, 6.45) is 0.178. The van der Waals surface area contributed by atoms with Crippen molar-refractivity contribution < 1.29 is 4.39 Å². The number of halogens is 2. The molecule has 62 valence electrons. The first-order chi connectivity index (χ1) is 5.65. The Morgan fingerprint density at radius 2 is 2.25 bits per heavy atom. The third kappa shape index (κ3) is 1.74. The molecular formula is C8H6BrFN2. The molecule has 0 aliphatic rings. The zero-order chi connectivity index (χ0) is 9.14. The van der Waals surface area contributed by atoms with Gasteiger partial charge in [-0.15, -0.1) is 0 Å². The van der Waals surface area contributed by atoms with Crippen molar-refractivity contribution in [1.82, 2.24) is 0 Å². The van der Waals surface area contributed by atoms with Gasteiger partial charge in [-0.25, -0.2) is 4.39 Å². The molecule has 0 spiro atoms. The standard InChI is InChI=1S/C8H6BrFN2/c9-6-4-8(12)7(10)3-5(6)1-2-11/h3-4H,1,12H2. The van der Waals surface area contributed by atoms with E-state index in [0.717, 1.165) is 0 Å². The van der Waals surface area contributed by atoms with Crippen molar-refractivity contribution in [3.63, 3.8) is 0 Å². The maximum Gasteiger partial charge on any atom is 0.146 e. The van der Waals surface area contributed by atoms with Crippen LogP contribution in [0.2, 0.25) is 0 Å². The average molecular weight is 229 g/mol. The minimum Gasteiger partial charge on any atom is -0.396 e. The van der Waals surface area contributed by atoms with Gasteiger partial charge in [-0.3, -0.25) is 0 Å². The van der Waals surface area contributed by atoms with E-state index in [1.54, 1.807) is 0 Å². The van der Waals surface area contributed by atoms with E-state index in [-0.39, 0.29) is 12.1 Å². The molecule has 0 aromatic heterocycles. The number of hydrogen-bond donors (Lipinski definition) is 1. The Hall–Kier alpha value is -1.08. The Labute approximate surface area is 77.9 Å². The van der Waals surface area contributed by atoms with Gasteiger partial charge in [0.2, 0.25) is 0 Å². The van der Waals surface area contributed by atoms with Crippen LogP contribution in [0.4, 0.5) is 10.1 Å². The predicted molar refractivity (Wildman–Crippen MR) is 47.8 cm³/mol. The molecule has 2 N–H and O–H groups in total. The summed E-state index contributed by atoms with van der Waals surface area (Å²) in [4.78, 5) is 0. The topological polar surface area (TPSA) is 49.8 Å². The van der Waals surface area contributed by atoms with Crippen LogP contribution >= 0.6 is 15.9 Å². The fraction of sp³-hybridized carbons (Fsp3) is 0.125. The third-order valence-corrected chi connectivity index (χ3v) is 2.17. The SMILES string of the molecule is N#CCc1cc(F)c(N)cc1Br. The molecule has 0 unspecified atom stereocenters. The summed E-state index contributed by atoms with van der Waals surface area (Å²) in [5.41, 5.74) is 6.00. The molecule has 0 saturated heterocycles. The van der Waals surface area contributed by atoms with Crippen LogP contribution < -0.4 is 5.73 Å². The van der Waals surface area contributed by atoms with Crippen molar-refractivity contribution in [2.75, 3.05) is 5.73 Å². The van der Waals surface area contributed by atoms with Crippen molar-refractivity contribution in [3.05, 3.63) is 28.0 Å². The Balaban J connectivity index is 3.16. The molecule has 4 heteroatoms. The highest BCUT2D eigenvalue weighted by atomic mass is 79.9. The number of hydrogen-bond acceptors (Lipinski definition) is 2. The van der Waals surface area contributed by atoms with Crippen LogP contribution in [0.5, 0.6) is 0 Å². The Morgan fingerprint density at radius 1 is 1.58 bits per heavy atom.